The molecule has 108 valence electrons. The van der Waals surface area contributed by atoms with Crippen LogP contribution in [0.15, 0.2) is 29.2 Å². The van der Waals surface area contributed by atoms with Gasteiger partial charge in [-0.25, -0.2) is 13.2 Å². The van der Waals surface area contributed by atoms with Gasteiger partial charge in [-0.15, -0.1) is 0 Å². The third kappa shape index (κ3) is 2.93. The summed E-state index contributed by atoms with van der Waals surface area (Å²) in [7, 11) is -3.66. The molecule has 1 aliphatic carbocycles. The molecule has 0 fully saturated rings. The molecule has 0 spiro atoms. The summed E-state index contributed by atoms with van der Waals surface area (Å²) < 4.78 is 26.8. The number of hydrogen-bond acceptors (Lipinski definition) is 4. The summed E-state index contributed by atoms with van der Waals surface area (Å²) in [5.74, 6) is -1.19. The Hall–Kier alpha value is -2.02. The smallest absolute Gasteiger partial charge is 0.337 e. The second-order valence-electron chi connectivity index (χ2n) is 4.59. The van der Waals surface area contributed by atoms with E-state index >= 15 is 0 Å². The molecule has 0 radical (unpaired) electrons. The van der Waals surface area contributed by atoms with Gasteiger partial charge in [0.1, 0.15) is 0 Å². The topological polar surface area (TPSA) is 109 Å². The number of nitrogens with one attached hydrogen (secondary N) is 1. The van der Waals surface area contributed by atoms with Crippen molar-refractivity contribution in [2.45, 2.75) is 25.7 Å². The second kappa shape index (κ2) is 5.54. The van der Waals surface area contributed by atoms with Crippen molar-refractivity contribution in [3.05, 3.63) is 34.7 Å². The summed E-state index contributed by atoms with van der Waals surface area (Å²) in [6.45, 7) is 0. The highest BCUT2D eigenvalue weighted by Gasteiger charge is 2.21. The van der Waals surface area contributed by atoms with Crippen molar-refractivity contribution in [1.29, 1.82) is 0 Å². The van der Waals surface area contributed by atoms with E-state index in [1.807, 2.05) is 0 Å². The SMILES string of the molecule is Nc1c(NS(=O)(=O)C2=CCCCC2)cccc1C(=O)O. The standard InChI is InChI=1S/C13H16N2O4S/c14-12-10(13(16)17)7-4-8-11(12)15-20(18,19)9-5-2-1-3-6-9/h4-5,7-8,15H,1-3,6,14H2,(H,16,17). The molecular weight excluding hydrogens is 280 g/mol. The number of hydrogen-bond donors (Lipinski definition) is 3. The number of anilines is 2. The summed E-state index contributed by atoms with van der Waals surface area (Å²) in [5.41, 5.74) is 5.58. The first-order chi connectivity index (χ1) is 9.42. The van der Waals surface area contributed by atoms with Gasteiger partial charge in [0.15, 0.2) is 0 Å². The lowest BCUT2D eigenvalue weighted by Crippen LogP contribution is -2.18. The van der Waals surface area contributed by atoms with Gasteiger partial charge in [0, 0.05) is 0 Å². The van der Waals surface area contributed by atoms with Gasteiger partial charge in [-0.3, -0.25) is 4.72 Å². The Balaban J connectivity index is 2.32. The maximum atomic E-state index is 12.2. The molecule has 0 amide bonds. The average Bonchev–Trinajstić information content (AvgIpc) is 2.41. The van der Waals surface area contributed by atoms with E-state index in [4.69, 9.17) is 10.8 Å². The Bertz CT molecular complexity index is 665. The Morgan fingerprint density at radius 1 is 1.30 bits per heavy atom. The molecule has 0 aromatic heterocycles. The lowest BCUT2D eigenvalue weighted by molar-refractivity contribution is 0.0698. The van der Waals surface area contributed by atoms with Gasteiger partial charge in [0.2, 0.25) is 0 Å². The fourth-order valence-electron chi connectivity index (χ4n) is 2.10. The van der Waals surface area contributed by atoms with E-state index < -0.39 is 16.0 Å². The van der Waals surface area contributed by atoms with E-state index in [0.29, 0.717) is 11.3 Å². The molecule has 4 N–H and O–H groups in total. The molecule has 1 aliphatic rings. The van der Waals surface area contributed by atoms with Gasteiger partial charge in [-0.1, -0.05) is 12.1 Å². The lowest BCUT2D eigenvalue weighted by Gasteiger charge is -2.16. The highest BCUT2D eigenvalue weighted by Crippen LogP contribution is 2.28. The highest BCUT2D eigenvalue weighted by molar-refractivity contribution is 7.96. The van der Waals surface area contributed by atoms with Crippen LogP contribution in [0.5, 0.6) is 0 Å². The first kappa shape index (κ1) is 14.4. The van der Waals surface area contributed by atoms with Crippen LogP contribution in [0.1, 0.15) is 36.0 Å². The average molecular weight is 296 g/mol. The molecule has 0 atom stereocenters. The minimum Gasteiger partial charge on any atom is -0.478 e. The molecule has 0 aliphatic heterocycles. The van der Waals surface area contributed by atoms with Gasteiger partial charge in [0.05, 0.1) is 21.8 Å². The molecule has 6 nitrogen and oxygen atoms in total. The van der Waals surface area contributed by atoms with E-state index in [9.17, 15) is 13.2 Å². The van der Waals surface area contributed by atoms with E-state index in [1.54, 1.807) is 6.08 Å². The summed E-state index contributed by atoms with van der Waals surface area (Å²) in [6, 6.07) is 4.23. The van der Waals surface area contributed by atoms with Crippen LogP contribution < -0.4 is 10.5 Å². The van der Waals surface area contributed by atoms with E-state index in [1.165, 1.54) is 18.2 Å². The number of sulfonamides is 1. The van der Waals surface area contributed by atoms with Crippen molar-refractivity contribution < 1.29 is 18.3 Å². The number of carbonyl (C=O) groups is 1. The largest absolute Gasteiger partial charge is 0.478 e. The highest BCUT2D eigenvalue weighted by atomic mass is 32.2. The molecule has 1 aromatic rings. The number of para-hydroxylation sites is 1. The fraction of sp³-hybridized carbons (Fsp3) is 0.308. The van der Waals surface area contributed by atoms with E-state index in [0.717, 1.165) is 19.3 Å². The zero-order valence-corrected chi connectivity index (χ0v) is 11.6. The number of carboxylic acid groups (broad SMARTS) is 1. The first-order valence-corrected chi connectivity index (χ1v) is 7.74. The minimum absolute atomic E-state index is 0.0833. The molecule has 0 saturated carbocycles. The number of carboxylic acids is 1. The number of allylic oxidation sites excluding steroid dienone is 2. The molecular formula is C13H16N2O4S. The van der Waals surface area contributed by atoms with Crippen molar-refractivity contribution >= 4 is 27.4 Å². The van der Waals surface area contributed by atoms with Crippen molar-refractivity contribution in [2.24, 2.45) is 0 Å². The normalized spacial score (nSPS) is 15.5. The molecule has 0 saturated heterocycles. The second-order valence-corrected chi connectivity index (χ2v) is 6.33. The third-order valence-electron chi connectivity index (χ3n) is 3.18. The minimum atomic E-state index is -3.66. The lowest BCUT2D eigenvalue weighted by atomic mass is 10.1. The first-order valence-electron chi connectivity index (χ1n) is 6.25. The predicted octanol–water partition coefficient (Wildman–Crippen LogP) is 2.17. The third-order valence-corrected chi connectivity index (χ3v) is 4.73. The zero-order valence-electron chi connectivity index (χ0n) is 10.8. The Morgan fingerprint density at radius 3 is 2.65 bits per heavy atom. The predicted molar refractivity (Wildman–Crippen MR) is 76.9 cm³/mol. The molecule has 7 heteroatoms. The van der Waals surface area contributed by atoms with Gasteiger partial charge in [-0.2, -0.15) is 0 Å². The maximum absolute atomic E-state index is 12.2. The fourth-order valence-corrected chi connectivity index (χ4v) is 3.45. The van der Waals surface area contributed by atoms with Crippen LogP contribution in [0, 0.1) is 0 Å². The monoisotopic (exact) mass is 296 g/mol. The van der Waals surface area contributed by atoms with Gasteiger partial charge >= 0.3 is 5.97 Å². The van der Waals surface area contributed by atoms with E-state index in [-0.39, 0.29) is 16.9 Å². The molecule has 0 bridgehead atoms. The summed E-state index contributed by atoms with van der Waals surface area (Å²) in [6.07, 6.45) is 4.74. The van der Waals surface area contributed by atoms with Gasteiger partial charge in [-0.05, 0) is 37.8 Å². The quantitative estimate of drug-likeness (QED) is 0.738. The van der Waals surface area contributed by atoms with Gasteiger partial charge < -0.3 is 10.8 Å². The number of aromatic carboxylic acids is 1. The van der Waals surface area contributed by atoms with Crippen LogP contribution in [0.2, 0.25) is 0 Å². The van der Waals surface area contributed by atoms with Crippen molar-refractivity contribution in [3.63, 3.8) is 0 Å². The van der Waals surface area contributed by atoms with Crippen LogP contribution in [0.3, 0.4) is 0 Å². The Morgan fingerprint density at radius 2 is 2.05 bits per heavy atom. The van der Waals surface area contributed by atoms with Crippen LogP contribution in [0.25, 0.3) is 0 Å². The van der Waals surface area contributed by atoms with Gasteiger partial charge in [0.25, 0.3) is 10.0 Å². The molecule has 1 aromatic carbocycles. The number of nitrogens with two attached hydrogens (primary N) is 1. The van der Waals surface area contributed by atoms with Crippen LogP contribution >= 0.6 is 0 Å². The molecule has 0 heterocycles. The number of benzene rings is 1. The zero-order chi connectivity index (χ0) is 14.8. The summed E-state index contributed by atoms with van der Waals surface area (Å²) in [5, 5.41) is 8.97. The summed E-state index contributed by atoms with van der Waals surface area (Å²) in [4.78, 5) is 11.3. The number of rotatable bonds is 4. The van der Waals surface area contributed by atoms with E-state index in [2.05, 4.69) is 4.72 Å². The van der Waals surface area contributed by atoms with Crippen LogP contribution in [0.4, 0.5) is 11.4 Å². The molecule has 20 heavy (non-hydrogen) atoms. The molecule has 0 unspecified atom stereocenters. The van der Waals surface area contributed by atoms with Crippen LogP contribution in [-0.4, -0.2) is 19.5 Å². The summed E-state index contributed by atoms with van der Waals surface area (Å²) >= 11 is 0. The Kier molecular flexibility index (Phi) is 3.99. The maximum Gasteiger partial charge on any atom is 0.337 e. The molecule has 2 rings (SSSR count). The van der Waals surface area contributed by atoms with Crippen molar-refractivity contribution in [2.75, 3.05) is 10.5 Å². The number of nitrogen functional groups attached to an aromatic ring is 1. The van der Waals surface area contributed by atoms with Crippen molar-refractivity contribution in [3.8, 4) is 0 Å². The van der Waals surface area contributed by atoms with Crippen molar-refractivity contribution in [1.82, 2.24) is 0 Å². The Labute approximate surface area is 117 Å². The van der Waals surface area contributed by atoms with Crippen LogP contribution in [-0.2, 0) is 10.0 Å².